The Morgan fingerprint density at radius 2 is 2.10 bits per heavy atom. The molecular formula is C21H21F2N3O2S. The number of aryl methyl sites for hydroxylation is 3. The van der Waals surface area contributed by atoms with Gasteiger partial charge >= 0.3 is 0 Å². The van der Waals surface area contributed by atoms with Crippen molar-refractivity contribution in [1.29, 1.82) is 0 Å². The van der Waals surface area contributed by atoms with Crippen molar-refractivity contribution in [3.05, 3.63) is 62.0 Å². The number of amides is 1. The van der Waals surface area contributed by atoms with Gasteiger partial charge in [0.1, 0.15) is 22.3 Å². The summed E-state index contributed by atoms with van der Waals surface area (Å²) in [5.74, 6) is -1.19. The number of aromatic amines is 1. The SMILES string of the molecule is C[C@@H](NC(=O)CCc1nc2sc3c(c2c(=O)[nH]1)CCCC3)c1ccc(F)cc1F. The number of fused-ring (bicyclic) bond motifs is 3. The zero-order valence-corrected chi connectivity index (χ0v) is 16.8. The van der Waals surface area contributed by atoms with Crippen LogP contribution in [0, 0.1) is 11.6 Å². The minimum Gasteiger partial charge on any atom is -0.349 e. The molecule has 2 heterocycles. The van der Waals surface area contributed by atoms with Gasteiger partial charge in [-0.2, -0.15) is 0 Å². The first kappa shape index (κ1) is 19.7. The predicted molar refractivity (Wildman–Crippen MR) is 108 cm³/mol. The maximum atomic E-state index is 13.9. The van der Waals surface area contributed by atoms with Crippen LogP contribution in [0.15, 0.2) is 23.0 Å². The summed E-state index contributed by atoms with van der Waals surface area (Å²) in [6.07, 6.45) is 4.51. The number of carbonyl (C=O) groups excluding carboxylic acids is 1. The summed E-state index contributed by atoms with van der Waals surface area (Å²) in [4.78, 5) is 34.1. The van der Waals surface area contributed by atoms with Crippen molar-refractivity contribution in [3.8, 4) is 0 Å². The van der Waals surface area contributed by atoms with E-state index in [1.54, 1.807) is 18.3 Å². The van der Waals surface area contributed by atoms with Gasteiger partial charge in [-0.25, -0.2) is 13.8 Å². The molecule has 3 aromatic rings. The predicted octanol–water partition coefficient (Wildman–Crippen LogP) is 3.95. The number of hydrogen-bond acceptors (Lipinski definition) is 4. The van der Waals surface area contributed by atoms with Gasteiger partial charge in [-0.3, -0.25) is 9.59 Å². The van der Waals surface area contributed by atoms with Gasteiger partial charge in [-0.05, 0) is 44.2 Å². The topological polar surface area (TPSA) is 74.8 Å². The van der Waals surface area contributed by atoms with E-state index < -0.39 is 17.7 Å². The fraction of sp³-hybridized carbons (Fsp3) is 0.381. The van der Waals surface area contributed by atoms with Crippen LogP contribution in [-0.2, 0) is 24.1 Å². The van der Waals surface area contributed by atoms with Crippen LogP contribution in [0.25, 0.3) is 10.2 Å². The maximum Gasteiger partial charge on any atom is 0.259 e. The van der Waals surface area contributed by atoms with Crippen molar-refractivity contribution in [2.75, 3.05) is 0 Å². The Bertz CT molecular complexity index is 1140. The first-order valence-corrected chi connectivity index (χ1v) is 10.5. The molecule has 0 aliphatic heterocycles. The lowest BCUT2D eigenvalue weighted by Crippen LogP contribution is -2.27. The van der Waals surface area contributed by atoms with Crippen LogP contribution in [-0.4, -0.2) is 15.9 Å². The number of thiophene rings is 1. The minimum atomic E-state index is -0.698. The van der Waals surface area contributed by atoms with Gasteiger partial charge in [0.15, 0.2) is 0 Å². The average molecular weight is 417 g/mol. The van der Waals surface area contributed by atoms with Crippen molar-refractivity contribution in [3.63, 3.8) is 0 Å². The third-order valence-electron chi connectivity index (χ3n) is 5.27. The summed E-state index contributed by atoms with van der Waals surface area (Å²) in [5.41, 5.74) is 1.20. The molecule has 0 saturated heterocycles. The van der Waals surface area contributed by atoms with Crippen LogP contribution in [0.2, 0.25) is 0 Å². The highest BCUT2D eigenvalue weighted by atomic mass is 32.1. The number of benzene rings is 1. The Balaban J connectivity index is 1.44. The lowest BCUT2D eigenvalue weighted by Gasteiger charge is -2.15. The van der Waals surface area contributed by atoms with Crippen LogP contribution >= 0.6 is 11.3 Å². The van der Waals surface area contributed by atoms with Crippen LogP contribution in [0.1, 0.15) is 54.1 Å². The Morgan fingerprint density at radius 1 is 1.31 bits per heavy atom. The molecule has 2 aromatic heterocycles. The number of hydrogen-bond donors (Lipinski definition) is 2. The molecule has 0 radical (unpaired) electrons. The zero-order valence-electron chi connectivity index (χ0n) is 16.0. The van der Waals surface area contributed by atoms with E-state index in [4.69, 9.17) is 0 Å². The summed E-state index contributed by atoms with van der Waals surface area (Å²) in [7, 11) is 0. The van der Waals surface area contributed by atoms with Gasteiger partial charge in [0.25, 0.3) is 5.56 Å². The van der Waals surface area contributed by atoms with E-state index in [0.29, 0.717) is 11.2 Å². The van der Waals surface area contributed by atoms with Crippen LogP contribution in [0.5, 0.6) is 0 Å². The van der Waals surface area contributed by atoms with Crippen molar-refractivity contribution in [2.45, 2.75) is 51.5 Å². The molecule has 4 rings (SSSR count). The first-order valence-electron chi connectivity index (χ1n) is 9.70. The van der Waals surface area contributed by atoms with Gasteiger partial charge in [0.05, 0.1) is 11.4 Å². The molecule has 1 aliphatic rings. The summed E-state index contributed by atoms with van der Waals surface area (Å²) in [6, 6.07) is 2.68. The Hall–Kier alpha value is -2.61. The summed E-state index contributed by atoms with van der Waals surface area (Å²) >= 11 is 1.57. The second-order valence-corrected chi connectivity index (χ2v) is 8.44. The number of halogens is 2. The standard InChI is InChI=1S/C21H21F2N3O2S/c1-11(13-7-6-12(22)10-15(13)23)24-18(27)9-8-17-25-20(28)19-14-4-2-3-5-16(14)29-21(19)26-17/h6-7,10-11H,2-5,8-9H2,1H3,(H,24,27)(H,25,26,28)/t11-/m1/s1. The fourth-order valence-corrected chi connectivity index (χ4v) is 5.08. The molecule has 1 aliphatic carbocycles. The Kier molecular flexibility index (Phi) is 5.45. The van der Waals surface area contributed by atoms with Crippen LogP contribution in [0.4, 0.5) is 8.78 Å². The third kappa shape index (κ3) is 4.07. The Morgan fingerprint density at radius 3 is 2.90 bits per heavy atom. The van der Waals surface area contributed by atoms with E-state index in [1.807, 2.05) is 0 Å². The molecular weight excluding hydrogens is 396 g/mol. The molecule has 0 unspecified atom stereocenters. The Labute approximate surface area is 170 Å². The number of nitrogens with one attached hydrogen (secondary N) is 2. The second-order valence-electron chi connectivity index (χ2n) is 7.36. The molecule has 152 valence electrons. The van der Waals surface area contributed by atoms with E-state index >= 15 is 0 Å². The minimum absolute atomic E-state index is 0.104. The lowest BCUT2D eigenvalue weighted by molar-refractivity contribution is -0.121. The quantitative estimate of drug-likeness (QED) is 0.660. The van der Waals surface area contributed by atoms with Crippen molar-refractivity contribution >= 4 is 27.5 Å². The van der Waals surface area contributed by atoms with Crippen LogP contribution in [0.3, 0.4) is 0 Å². The van der Waals surface area contributed by atoms with Gasteiger partial charge in [0.2, 0.25) is 5.91 Å². The highest BCUT2D eigenvalue weighted by molar-refractivity contribution is 7.18. The maximum absolute atomic E-state index is 13.9. The number of carbonyl (C=O) groups is 1. The van der Waals surface area contributed by atoms with E-state index in [-0.39, 0.29) is 29.9 Å². The molecule has 1 atom stereocenters. The monoisotopic (exact) mass is 417 g/mol. The second kappa shape index (κ2) is 8.02. The van der Waals surface area contributed by atoms with E-state index in [9.17, 15) is 18.4 Å². The number of H-pyrrole nitrogens is 1. The molecule has 0 bridgehead atoms. The molecule has 29 heavy (non-hydrogen) atoms. The highest BCUT2D eigenvalue weighted by Gasteiger charge is 2.20. The first-order chi connectivity index (χ1) is 13.9. The third-order valence-corrected chi connectivity index (χ3v) is 6.46. The van der Waals surface area contributed by atoms with Gasteiger partial charge < -0.3 is 10.3 Å². The molecule has 5 nitrogen and oxygen atoms in total. The molecule has 0 fully saturated rings. The highest BCUT2D eigenvalue weighted by Crippen LogP contribution is 2.33. The normalized spacial score (nSPS) is 14.6. The van der Waals surface area contributed by atoms with Gasteiger partial charge in [-0.15, -0.1) is 11.3 Å². The summed E-state index contributed by atoms with van der Waals surface area (Å²) in [5, 5.41) is 3.39. The van der Waals surface area contributed by atoms with Crippen molar-refractivity contribution in [2.24, 2.45) is 0 Å². The number of nitrogens with zero attached hydrogens (tertiary/aromatic N) is 1. The molecule has 1 amide bonds. The number of rotatable bonds is 5. The van der Waals surface area contributed by atoms with E-state index in [0.717, 1.165) is 48.2 Å². The average Bonchev–Trinajstić information content (AvgIpc) is 3.05. The van der Waals surface area contributed by atoms with E-state index in [1.165, 1.54) is 10.9 Å². The van der Waals surface area contributed by atoms with E-state index in [2.05, 4.69) is 15.3 Å². The molecule has 8 heteroatoms. The molecule has 2 N–H and O–H groups in total. The van der Waals surface area contributed by atoms with Gasteiger partial charge in [-0.1, -0.05) is 6.07 Å². The summed E-state index contributed by atoms with van der Waals surface area (Å²) < 4.78 is 26.9. The lowest BCUT2D eigenvalue weighted by atomic mass is 9.97. The largest absolute Gasteiger partial charge is 0.349 e. The van der Waals surface area contributed by atoms with Gasteiger partial charge in [0, 0.05) is 29.3 Å². The molecule has 0 spiro atoms. The molecule has 1 aromatic carbocycles. The fourth-order valence-electron chi connectivity index (χ4n) is 3.80. The molecule has 0 saturated carbocycles. The van der Waals surface area contributed by atoms with Crippen molar-refractivity contribution in [1.82, 2.24) is 15.3 Å². The van der Waals surface area contributed by atoms with Crippen molar-refractivity contribution < 1.29 is 13.6 Å². The zero-order chi connectivity index (χ0) is 20.5. The number of aromatic nitrogens is 2. The van der Waals surface area contributed by atoms with Crippen LogP contribution < -0.4 is 10.9 Å². The smallest absolute Gasteiger partial charge is 0.259 e. The summed E-state index contributed by atoms with van der Waals surface area (Å²) in [6.45, 7) is 1.64.